The number of thioether (sulfide) groups is 1. The molecular weight excluding hydrogens is 218 g/mol. The summed E-state index contributed by atoms with van der Waals surface area (Å²) < 4.78 is 2.29. The molecule has 0 saturated carbocycles. The fraction of sp³-hybridized carbons (Fsp3) is 0.750. The van der Waals surface area contributed by atoms with Crippen molar-refractivity contribution in [1.82, 2.24) is 9.55 Å². The van der Waals surface area contributed by atoms with Crippen molar-refractivity contribution in [3.05, 3.63) is 17.7 Å². The van der Waals surface area contributed by atoms with E-state index in [1.54, 1.807) is 0 Å². The molecule has 1 aromatic rings. The molecule has 4 heteroatoms. The second-order valence-electron chi connectivity index (χ2n) is 4.83. The maximum absolute atomic E-state index is 6.18. The first kappa shape index (κ1) is 10.7. The first-order valence-electron chi connectivity index (χ1n) is 6.27. The van der Waals surface area contributed by atoms with Crippen LogP contribution in [0.25, 0.3) is 0 Å². The Bertz CT molecular complexity index is 368. The van der Waals surface area contributed by atoms with Gasteiger partial charge in [0.2, 0.25) is 0 Å². The predicted molar refractivity (Wildman–Crippen MR) is 67.6 cm³/mol. The summed E-state index contributed by atoms with van der Waals surface area (Å²) in [5.74, 6) is 2.55. The third kappa shape index (κ3) is 1.89. The second kappa shape index (κ2) is 4.41. The van der Waals surface area contributed by atoms with Crippen molar-refractivity contribution in [3.8, 4) is 0 Å². The van der Waals surface area contributed by atoms with Crippen LogP contribution in [-0.2, 0) is 12.8 Å². The van der Waals surface area contributed by atoms with Crippen LogP contribution in [0.3, 0.4) is 0 Å². The van der Waals surface area contributed by atoms with Crippen LogP contribution in [-0.4, -0.2) is 20.6 Å². The third-order valence-electron chi connectivity index (χ3n) is 3.65. The van der Waals surface area contributed by atoms with Crippen LogP contribution in [0.2, 0.25) is 0 Å². The van der Waals surface area contributed by atoms with Crippen molar-refractivity contribution in [3.63, 3.8) is 0 Å². The van der Waals surface area contributed by atoms with Gasteiger partial charge in [-0.2, -0.15) is 11.8 Å². The quantitative estimate of drug-likeness (QED) is 0.857. The first-order valence-corrected chi connectivity index (χ1v) is 7.31. The summed E-state index contributed by atoms with van der Waals surface area (Å²) in [6, 6.07) is 0. The fourth-order valence-electron chi connectivity index (χ4n) is 2.81. The molecule has 0 radical (unpaired) electrons. The fourth-order valence-corrected chi connectivity index (χ4v) is 4.08. The highest BCUT2D eigenvalue weighted by Gasteiger charge is 2.23. The Morgan fingerprint density at radius 2 is 2.38 bits per heavy atom. The van der Waals surface area contributed by atoms with Gasteiger partial charge in [-0.3, -0.25) is 0 Å². The minimum Gasteiger partial charge on any atom is -0.316 e. The van der Waals surface area contributed by atoms with E-state index in [-0.39, 0.29) is 6.17 Å². The summed E-state index contributed by atoms with van der Waals surface area (Å²) in [5, 5.41) is 0.778. The summed E-state index contributed by atoms with van der Waals surface area (Å²) >= 11 is 2.10. The Labute approximate surface area is 101 Å². The lowest BCUT2D eigenvalue weighted by molar-refractivity contribution is 0.400. The topological polar surface area (TPSA) is 43.8 Å². The number of imidazole rings is 1. The maximum Gasteiger partial charge on any atom is 0.111 e. The van der Waals surface area contributed by atoms with E-state index in [0.717, 1.165) is 24.5 Å². The molecule has 2 atom stereocenters. The van der Waals surface area contributed by atoms with Crippen molar-refractivity contribution in [2.45, 2.75) is 49.9 Å². The Balaban J connectivity index is 1.81. The molecule has 2 aliphatic rings. The standard InChI is InChI=1S/C12H19N3S/c13-11-5-1-3-9-8-14-12(15(9)11)7-10-4-2-6-16-10/h8,10-11H,1-7,13H2. The molecule has 16 heavy (non-hydrogen) atoms. The Morgan fingerprint density at radius 1 is 1.44 bits per heavy atom. The molecule has 0 aromatic carbocycles. The molecule has 1 aromatic heterocycles. The van der Waals surface area contributed by atoms with Gasteiger partial charge >= 0.3 is 0 Å². The van der Waals surface area contributed by atoms with E-state index >= 15 is 0 Å². The third-order valence-corrected chi connectivity index (χ3v) is 5.05. The Hall–Kier alpha value is -0.480. The van der Waals surface area contributed by atoms with E-state index in [1.807, 2.05) is 6.20 Å². The SMILES string of the molecule is NC1CCCc2cnc(CC3CCCS3)n21. The zero-order chi connectivity index (χ0) is 11.0. The molecule has 2 unspecified atom stereocenters. The van der Waals surface area contributed by atoms with Crippen LogP contribution < -0.4 is 5.73 Å². The number of hydrogen-bond acceptors (Lipinski definition) is 3. The highest BCUT2D eigenvalue weighted by molar-refractivity contribution is 8.00. The Morgan fingerprint density at radius 3 is 3.19 bits per heavy atom. The van der Waals surface area contributed by atoms with Crippen LogP contribution in [0.15, 0.2) is 6.20 Å². The zero-order valence-electron chi connectivity index (χ0n) is 9.56. The molecule has 3 rings (SSSR count). The molecular formula is C12H19N3S. The van der Waals surface area contributed by atoms with Crippen molar-refractivity contribution < 1.29 is 0 Å². The molecule has 0 bridgehead atoms. The van der Waals surface area contributed by atoms with Gasteiger partial charge in [-0.05, 0) is 37.9 Å². The summed E-state index contributed by atoms with van der Waals surface area (Å²) in [6.07, 6.45) is 9.51. The van der Waals surface area contributed by atoms with E-state index in [4.69, 9.17) is 5.73 Å². The first-order chi connectivity index (χ1) is 7.84. The van der Waals surface area contributed by atoms with Crippen molar-refractivity contribution in [2.24, 2.45) is 5.73 Å². The number of hydrogen-bond donors (Lipinski definition) is 1. The largest absolute Gasteiger partial charge is 0.316 e. The van der Waals surface area contributed by atoms with Gasteiger partial charge in [-0.15, -0.1) is 0 Å². The average molecular weight is 237 g/mol. The van der Waals surface area contributed by atoms with Crippen LogP contribution in [0.1, 0.15) is 43.4 Å². The lowest BCUT2D eigenvalue weighted by Gasteiger charge is -2.24. The summed E-state index contributed by atoms with van der Waals surface area (Å²) in [7, 11) is 0. The monoisotopic (exact) mass is 237 g/mol. The van der Waals surface area contributed by atoms with E-state index < -0.39 is 0 Å². The Kier molecular flexibility index (Phi) is 2.94. The number of rotatable bonds is 2. The van der Waals surface area contributed by atoms with Gasteiger partial charge in [-0.1, -0.05) is 0 Å². The van der Waals surface area contributed by atoms with Crippen LogP contribution in [0, 0.1) is 0 Å². The molecule has 0 amide bonds. The number of fused-ring (bicyclic) bond motifs is 1. The normalized spacial score (nSPS) is 29.3. The number of aromatic nitrogens is 2. The molecule has 1 saturated heterocycles. The highest BCUT2D eigenvalue weighted by atomic mass is 32.2. The van der Waals surface area contributed by atoms with Crippen LogP contribution >= 0.6 is 11.8 Å². The van der Waals surface area contributed by atoms with Gasteiger partial charge in [0, 0.05) is 23.6 Å². The van der Waals surface area contributed by atoms with Crippen molar-refractivity contribution in [2.75, 3.05) is 5.75 Å². The minimum absolute atomic E-state index is 0.174. The lowest BCUT2D eigenvalue weighted by atomic mass is 10.1. The number of aryl methyl sites for hydroxylation is 1. The minimum atomic E-state index is 0.174. The van der Waals surface area contributed by atoms with E-state index in [1.165, 1.54) is 36.5 Å². The average Bonchev–Trinajstić information content (AvgIpc) is 2.90. The summed E-state index contributed by atoms with van der Waals surface area (Å²) in [6.45, 7) is 0. The van der Waals surface area contributed by atoms with Gasteiger partial charge in [-0.25, -0.2) is 4.98 Å². The van der Waals surface area contributed by atoms with Gasteiger partial charge in [0.1, 0.15) is 5.82 Å². The molecule has 2 N–H and O–H groups in total. The van der Waals surface area contributed by atoms with E-state index in [0.29, 0.717) is 0 Å². The van der Waals surface area contributed by atoms with E-state index in [9.17, 15) is 0 Å². The molecule has 0 spiro atoms. The molecule has 3 heterocycles. The van der Waals surface area contributed by atoms with Crippen LogP contribution in [0.5, 0.6) is 0 Å². The number of nitrogens with zero attached hydrogens (tertiary/aromatic N) is 2. The number of nitrogens with two attached hydrogens (primary N) is 1. The van der Waals surface area contributed by atoms with Gasteiger partial charge < -0.3 is 10.3 Å². The molecule has 1 fully saturated rings. The summed E-state index contributed by atoms with van der Waals surface area (Å²) in [5.41, 5.74) is 7.53. The second-order valence-corrected chi connectivity index (χ2v) is 6.24. The van der Waals surface area contributed by atoms with Crippen molar-refractivity contribution in [1.29, 1.82) is 0 Å². The predicted octanol–water partition coefficient (Wildman–Crippen LogP) is 2.11. The van der Waals surface area contributed by atoms with Gasteiger partial charge in [0.25, 0.3) is 0 Å². The van der Waals surface area contributed by atoms with Crippen LogP contribution in [0.4, 0.5) is 0 Å². The molecule has 0 aliphatic carbocycles. The van der Waals surface area contributed by atoms with E-state index in [2.05, 4.69) is 21.3 Å². The lowest BCUT2D eigenvalue weighted by Crippen LogP contribution is -2.27. The highest BCUT2D eigenvalue weighted by Crippen LogP contribution is 2.30. The van der Waals surface area contributed by atoms with Gasteiger partial charge in [0.05, 0.1) is 6.17 Å². The zero-order valence-corrected chi connectivity index (χ0v) is 10.4. The molecule has 3 nitrogen and oxygen atoms in total. The smallest absolute Gasteiger partial charge is 0.111 e. The van der Waals surface area contributed by atoms with Crippen molar-refractivity contribution >= 4 is 11.8 Å². The molecule has 88 valence electrons. The van der Waals surface area contributed by atoms with Gasteiger partial charge in [0.15, 0.2) is 0 Å². The summed E-state index contributed by atoms with van der Waals surface area (Å²) in [4.78, 5) is 4.58. The maximum atomic E-state index is 6.18. The molecule has 2 aliphatic heterocycles.